The summed E-state index contributed by atoms with van der Waals surface area (Å²) in [6.07, 6.45) is 1.76. The van der Waals surface area contributed by atoms with Crippen LogP contribution >= 0.6 is 0 Å². The lowest BCUT2D eigenvalue weighted by molar-refractivity contribution is 0.424. The monoisotopic (exact) mass is 286 g/mol. The second-order valence-corrected chi connectivity index (χ2v) is 6.64. The third-order valence-corrected chi connectivity index (χ3v) is 3.60. The van der Waals surface area contributed by atoms with Crippen molar-refractivity contribution in [3.63, 3.8) is 0 Å². The van der Waals surface area contributed by atoms with Gasteiger partial charge in [0.2, 0.25) is 5.88 Å². The van der Waals surface area contributed by atoms with Gasteiger partial charge in [-0.15, -0.1) is 0 Å². The van der Waals surface area contributed by atoms with E-state index in [2.05, 4.69) is 27.7 Å². The van der Waals surface area contributed by atoms with Gasteiger partial charge in [-0.25, -0.2) is 4.68 Å². The smallest absolute Gasteiger partial charge is 0.217 e. The lowest BCUT2D eigenvalue weighted by Crippen LogP contribution is -2.02. The highest BCUT2D eigenvalue weighted by Crippen LogP contribution is 2.29. The predicted octanol–water partition coefficient (Wildman–Crippen LogP) is 4.28. The second kappa shape index (κ2) is 6.33. The first-order chi connectivity index (χ1) is 9.90. The van der Waals surface area contributed by atoms with Crippen molar-refractivity contribution in [2.75, 3.05) is 0 Å². The molecule has 0 unspecified atom stereocenters. The van der Waals surface area contributed by atoms with Crippen molar-refractivity contribution in [2.45, 2.75) is 47.5 Å². The Hall–Kier alpha value is -1.77. The summed E-state index contributed by atoms with van der Waals surface area (Å²) in [5.74, 6) is 1.32. The Morgan fingerprint density at radius 2 is 1.67 bits per heavy atom. The molecule has 0 radical (unpaired) electrons. The Bertz CT molecular complexity index is 612. The number of hydrogen-bond acceptors (Lipinski definition) is 2. The topological polar surface area (TPSA) is 38.0 Å². The van der Waals surface area contributed by atoms with Gasteiger partial charge in [-0.3, -0.25) is 0 Å². The van der Waals surface area contributed by atoms with Crippen molar-refractivity contribution < 1.29 is 5.11 Å². The molecule has 0 amide bonds. The van der Waals surface area contributed by atoms with E-state index in [-0.39, 0.29) is 0 Å². The van der Waals surface area contributed by atoms with Crippen LogP contribution < -0.4 is 0 Å². The Kier molecular flexibility index (Phi) is 4.71. The molecular weight excluding hydrogens is 260 g/mol. The number of rotatable bonds is 5. The average molecular weight is 286 g/mol. The fourth-order valence-corrected chi connectivity index (χ4v) is 2.62. The lowest BCUT2D eigenvalue weighted by Gasteiger charge is -2.08. The molecule has 1 heterocycles. The number of aromatic nitrogens is 2. The van der Waals surface area contributed by atoms with Crippen molar-refractivity contribution in [3.05, 3.63) is 41.1 Å². The van der Waals surface area contributed by atoms with Crippen LogP contribution in [-0.4, -0.2) is 14.9 Å². The maximum Gasteiger partial charge on any atom is 0.217 e. The summed E-state index contributed by atoms with van der Waals surface area (Å²) in [6.45, 7) is 10.8. The zero-order valence-corrected chi connectivity index (χ0v) is 13.7. The Labute approximate surface area is 127 Å². The molecule has 0 fully saturated rings. The van der Waals surface area contributed by atoms with Crippen LogP contribution in [0.2, 0.25) is 0 Å². The van der Waals surface area contributed by atoms with Crippen molar-refractivity contribution >= 4 is 0 Å². The lowest BCUT2D eigenvalue weighted by atomic mass is 9.98. The van der Waals surface area contributed by atoms with Crippen LogP contribution in [0.5, 0.6) is 5.88 Å². The molecule has 1 aromatic heterocycles. The summed E-state index contributed by atoms with van der Waals surface area (Å²) in [5, 5.41) is 15.4. The van der Waals surface area contributed by atoms with E-state index in [9.17, 15) is 5.11 Å². The van der Waals surface area contributed by atoms with Crippen LogP contribution in [0.1, 0.15) is 44.5 Å². The van der Waals surface area contributed by atoms with Gasteiger partial charge in [-0.05, 0) is 43.2 Å². The van der Waals surface area contributed by atoms with Crippen LogP contribution in [-0.2, 0) is 12.8 Å². The van der Waals surface area contributed by atoms with Gasteiger partial charge in [0.15, 0.2) is 0 Å². The standard InChI is InChI=1S/C18H26N2O/c1-12(2)10-15-16(11-13(3)4)19-20(18(15)21)17-9-7-6-8-14(17)5/h6-9,12-13,21H,10-11H2,1-5H3. The normalized spacial score (nSPS) is 11.6. The molecule has 2 rings (SSSR count). The maximum absolute atomic E-state index is 10.6. The zero-order valence-electron chi connectivity index (χ0n) is 13.7. The summed E-state index contributed by atoms with van der Waals surface area (Å²) in [6, 6.07) is 8.03. The van der Waals surface area contributed by atoms with E-state index in [0.29, 0.717) is 17.7 Å². The summed E-state index contributed by atoms with van der Waals surface area (Å²) < 4.78 is 1.70. The molecule has 0 aliphatic heterocycles. The van der Waals surface area contributed by atoms with Crippen molar-refractivity contribution in [3.8, 4) is 11.6 Å². The summed E-state index contributed by atoms with van der Waals surface area (Å²) in [4.78, 5) is 0. The summed E-state index contributed by atoms with van der Waals surface area (Å²) >= 11 is 0. The minimum absolute atomic E-state index is 0.300. The van der Waals surface area contributed by atoms with Gasteiger partial charge < -0.3 is 5.11 Å². The fourth-order valence-electron chi connectivity index (χ4n) is 2.62. The van der Waals surface area contributed by atoms with E-state index >= 15 is 0 Å². The summed E-state index contributed by atoms with van der Waals surface area (Å²) in [7, 11) is 0. The van der Waals surface area contributed by atoms with Crippen LogP contribution in [0.3, 0.4) is 0 Å². The predicted molar refractivity (Wildman–Crippen MR) is 87.0 cm³/mol. The third kappa shape index (κ3) is 3.46. The van der Waals surface area contributed by atoms with Crippen molar-refractivity contribution in [1.29, 1.82) is 0 Å². The molecule has 0 spiro atoms. The highest BCUT2D eigenvalue weighted by Gasteiger charge is 2.20. The number of aromatic hydroxyl groups is 1. The van der Waals surface area contributed by atoms with Gasteiger partial charge in [-0.2, -0.15) is 5.10 Å². The molecule has 21 heavy (non-hydrogen) atoms. The molecule has 0 saturated heterocycles. The molecule has 0 bridgehead atoms. The molecule has 2 aromatic rings. The third-order valence-electron chi connectivity index (χ3n) is 3.60. The highest BCUT2D eigenvalue weighted by atomic mass is 16.3. The Balaban J connectivity index is 2.53. The highest BCUT2D eigenvalue weighted by molar-refractivity contribution is 5.45. The van der Waals surface area contributed by atoms with Crippen LogP contribution in [0.25, 0.3) is 5.69 Å². The van der Waals surface area contributed by atoms with Gasteiger partial charge in [0, 0.05) is 5.56 Å². The number of nitrogens with zero attached hydrogens (tertiary/aromatic N) is 2. The van der Waals surface area contributed by atoms with Crippen molar-refractivity contribution in [2.24, 2.45) is 11.8 Å². The molecule has 0 atom stereocenters. The van der Waals surface area contributed by atoms with Gasteiger partial charge in [0.25, 0.3) is 0 Å². The minimum atomic E-state index is 0.300. The fraction of sp³-hybridized carbons (Fsp3) is 0.500. The van der Waals surface area contributed by atoms with Crippen molar-refractivity contribution in [1.82, 2.24) is 9.78 Å². The molecule has 114 valence electrons. The van der Waals surface area contributed by atoms with E-state index in [0.717, 1.165) is 35.3 Å². The minimum Gasteiger partial charge on any atom is -0.493 e. The first-order valence-electron chi connectivity index (χ1n) is 7.75. The van der Waals surface area contributed by atoms with Gasteiger partial charge in [-0.1, -0.05) is 45.9 Å². The maximum atomic E-state index is 10.6. The SMILES string of the molecule is Cc1ccccc1-n1nc(CC(C)C)c(CC(C)C)c1O. The largest absolute Gasteiger partial charge is 0.493 e. The Morgan fingerprint density at radius 1 is 1.05 bits per heavy atom. The van der Waals surface area contributed by atoms with Crippen LogP contribution in [0, 0.1) is 18.8 Å². The number of benzene rings is 1. The number of hydrogen-bond donors (Lipinski definition) is 1. The molecule has 0 aliphatic rings. The molecular formula is C18H26N2O. The first kappa shape index (κ1) is 15.6. The quantitative estimate of drug-likeness (QED) is 0.890. The number of aryl methyl sites for hydroxylation is 1. The van der Waals surface area contributed by atoms with E-state index in [1.165, 1.54) is 0 Å². The molecule has 0 saturated carbocycles. The van der Waals surface area contributed by atoms with E-state index in [4.69, 9.17) is 5.10 Å². The van der Waals surface area contributed by atoms with Gasteiger partial charge in [0.1, 0.15) is 0 Å². The van der Waals surface area contributed by atoms with E-state index in [1.54, 1.807) is 4.68 Å². The molecule has 0 aliphatic carbocycles. The zero-order chi connectivity index (χ0) is 15.6. The second-order valence-electron chi connectivity index (χ2n) is 6.64. The average Bonchev–Trinajstić information content (AvgIpc) is 2.67. The number of para-hydroxylation sites is 1. The summed E-state index contributed by atoms with van der Waals surface area (Å²) in [5.41, 5.74) is 4.10. The van der Waals surface area contributed by atoms with Crippen LogP contribution in [0.15, 0.2) is 24.3 Å². The first-order valence-corrected chi connectivity index (χ1v) is 7.75. The Morgan fingerprint density at radius 3 is 2.24 bits per heavy atom. The van der Waals surface area contributed by atoms with Gasteiger partial charge >= 0.3 is 0 Å². The van der Waals surface area contributed by atoms with Gasteiger partial charge in [0.05, 0.1) is 11.4 Å². The van der Waals surface area contributed by atoms with Crippen LogP contribution in [0.4, 0.5) is 0 Å². The van der Waals surface area contributed by atoms with E-state index in [1.807, 2.05) is 31.2 Å². The molecule has 1 aromatic carbocycles. The molecule has 3 nitrogen and oxygen atoms in total. The van der Waals surface area contributed by atoms with E-state index < -0.39 is 0 Å². The molecule has 3 heteroatoms. The molecule has 1 N–H and O–H groups in total.